The van der Waals surface area contributed by atoms with Crippen LogP contribution >= 0.6 is 12.4 Å². The quantitative estimate of drug-likeness (QED) is 0.812. The summed E-state index contributed by atoms with van der Waals surface area (Å²) in [6.07, 6.45) is 1.89. The molecule has 0 aliphatic rings. The largest absolute Gasteiger partial charge is 0.353 e. The monoisotopic (exact) mass is 316 g/mol. The number of nitrogens with two attached hydrogens (primary N) is 1. The van der Waals surface area contributed by atoms with E-state index in [-0.39, 0.29) is 30.2 Å². The number of carbonyl (C=O) groups excluding carboxylic acids is 1. The van der Waals surface area contributed by atoms with Crippen molar-refractivity contribution in [2.24, 2.45) is 11.1 Å². The molecule has 1 unspecified atom stereocenters. The molecule has 0 aromatic heterocycles. The van der Waals surface area contributed by atoms with Gasteiger partial charge in [0, 0.05) is 12.6 Å². The summed E-state index contributed by atoms with van der Waals surface area (Å²) in [5.74, 6) is -0.265. The maximum Gasteiger partial charge on any atom is 0.227 e. The maximum atomic E-state index is 13.6. The topological polar surface area (TPSA) is 55.1 Å². The van der Waals surface area contributed by atoms with Crippen LogP contribution in [0, 0.1) is 11.2 Å². The van der Waals surface area contributed by atoms with Gasteiger partial charge in [-0.1, -0.05) is 32.0 Å². The number of carbonyl (C=O) groups is 1. The average molecular weight is 317 g/mol. The smallest absolute Gasteiger partial charge is 0.227 e. The van der Waals surface area contributed by atoms with Crippen molar-refractivity contribution in [2.75, 3.05) is 6.54 Å². The van der Waals surface area contributed by atoms with E-state index in [1.54, 1.807) is 18.2 Å². The zero-order valence-electron chi connectivity index (χ0n) is 13.0. The van der Waals surface area contributed by atoms with Gasteiger partial charge < -0.3 is 11.1 Å². The van der Waals surface area contributed by atoms with Gasteiger partial charge in [-0.2, -0.15) is 0 Å². The molecule has 0 saturated carbocycles. The first kappa shape index (κ1) is 19.9. The van der Waals surface area contributed by atoms with Gasteiger partial charge in [0.1, 0.15) is 5.82 Å². The molecule has 1 atom stereocenters. The Kier molecular flexibility index (Phi) is 8.52. The zero-order valence-corrected chi connectivity index (χ0v) is 13.8. The van der Waals surface area contributed by atoms with Crippen molar-refractivity contribution < 1.29 is 9.18 Å². The molecule has 0 heterocycles. The molecule has 1 aromatic rings. The van der Waals surface area contributed by atoms with Crippen LogP contribution in [0.1, 0.15) is 39.2 Å². The Morgan fingerprint density at radius 3 is 2.38 bits per heavy atom. The molecule has 21 heavy (non-hydrogen) atoms. The summed E-state index contributed by atoms with van der Waals surface area (Å²) in [4.78, 5) is 12.4. The van der Waals surface area contributed by atoms with Gasteiger partial charge in [-0.3, -0.25) is 4.79 Å². The predicted octanol–water partition coefficient (Wildman–Crippen LogP) is 3.06. The Labute approximate surface area is 132 Å². The molecule has 0 radical (unpaired) electrons. The van der Waals surface area contributed by atoms with Gasteiger partial charge in [0.15, 0.2) is 0 Å². The fourth-order valence-corrected chi connectivity index (χ4v) is 2.37. The summed E-state index contributed by atoms with van der Waals surface area (Å²) < 4.78 is 13.6. The van der Waals surface area contributed by atoms with Gasteiger partial charge in [0.2, 0.25) is 5.91 Å². The first-order valence-corrected chi connectivity index (χ1v) is 7.23. The first-order valence-electron chi connectivity index (χ1n) is 7.23. The Hall–Kier alpha value is -1.13. The summed E-state index contributed by atoms with van der Waals surface area (Å²) in [6, 6.07) is 6.52. The molecule has 120 valence electrons. The van der Waals surface area contributed by atoms with Crippen LogP contribution in [0.4, 0.5) is 4.39 Å². The second kappa shape index (κ2) is 9.00. The highest BCUT2D eigenvalue weighted by Gasteiger charge is 2.33. The third kappa shape index (κ3) is 4.97. The molecule has 0 fully saturated rings. The Morgan fingerprint density at radius 2 is 1.90 bits per heavy atom. The van der Waals surface area contributed by atoms with E-state index < -0.39 is 5.41 Å². The molecule has 0 bridgehead atoms. The summed E-state index contributed by atoms with van der Waals surface area (Å²) in [5, 5.41) is 2.96. The Morgan fingerprint density at radius 1 is 1.33 bits per heavy atom. The highest BCUT2D eigenvalue weighted by molar-refractivity contribution is 5.85. The zero-order chi connectivity index (χ0) is 15.2. The van der Waals surface area contributed by atoms with Gasteiger partial charge in [0.25, 0.3) is 0 Å². The van der Waals surface area contributed by atoms with Crippen molar-refractivity contribution in [3.8, 4) is 0 Å². The van der Waals surface area contributed by atoms with Gasteiger partial charge in [0.05, 0.1) is 5.41 Å². The van der Waals surface area contributed by atoms with Gasteiger partial charge in [-0.05, 0) is 37.8 Å². The number of rotatable bonds is 7. The molecular formula is C16H26ClFN2O. The van der Waals surface area contributed by atoms with Crippen molar-refractivity contribution in [3.63, 3.8) is 0 Å². The van der Waals surface area contributed by atoms with Crippen molar-refractivity contribution in [1.82, 2.24) is 5.32 Å². The molecule has 1 aromatic carbocycles. The summed E-state index contributed by atoms with van der Waals surface area (Å²) in [6.45, 7) is 6.16. The molecule has 1 rings (SSSR count). The fourth-order valence-electron chi connectivity index (χ4n) is 2.37. The molecular weight excluding hydrogens is 291 g/mol. The molecule has 5 heteroatoms. The summed E-state index contributed by atoms with van der Waals surface area (Å²) in [7, 11) is 0. The van der Waals surface area contributed by atoms with Gasteiger partial charge >= 0.3 is 0 Å². The number of benzene rings is 1. The van der Waals surface area contributed by atoms with Crippen molar-refractivity contribution in [2.45, 2.75) is 46.1 Å². The van der Waals surface area contributed by atoms with Crippen molar-refractivity contribution >= 4 is 18.3 Å². The minimum atomic E-state index is -0.510. The van der Waals surface area contributed by atoms with Crippen LogP contribution in [0.25, 0.3) is 0 Å². The van der Waals surface area contributed by atoms with Gasteiger partial charge in [-0.15, -0.1) is 12.4 Å². The van der Waals surface area contributed by atoms with E-state index in [4.69, 9.17) is 5.73 Å². The van der Waals surface area contributed by atoms with Crippen LogP contribution < -0.4 is 11.1 Å². The van der Waals surface area contributed by atoms with Crippen LogP contribution in [0.5, 0.6) is 0 Å². The highest BCUT2D eigenvalue weighted by atomic mass is 35.5. The molecule has 0 spiro atoms. The van der Waals surface area contributed by atoms with Crippen molar-refractivity contribution in [1.29, 1.82) is 0 Å². The lowest BCUT2D eigenvalue weighted by Crippen LogP contribution is -2.48. The summed E-state index contributed by atoms with van der Waals surface area (Å²) >= 11 is 0. The van der Waals surface area contributed by atoms with Crippen LogP contribution in [0.3, 0.4) is 0 Å². The van der Waals surface area contributed by atoms with Crippen LogP contribution in [0.2, 0.25) is 0 Å². The predicted molar refractivity (Wildman–Crippen MR) is 87.0 cm³/mol. The molecule has 0 saturated heterocycles. The van der Waals surface area contributed by atoms with E-state index >= 15 is 0 Å². The molecule has 3 N–H and O–H groups in total. The molecule has 1 amide bonds. The summed E-state index contributed by atoms with van der Waals surface area (Å²) in [5.41, 5.74) is 5.87. The average Bonchev–Trinajstić information content (AvgIpc) is 2.44. The number of nitrogens with one attached hydrogen (secondary N) is 1. The number of hydrogen-bond donors (Lipinski definition) is 2. The van der Waals surface area contributed by atoms with Gasteiger partial charge in [-0.25, -0.2) is 4.39 Å². The van der Waals surface area contributed by atoms with Crippen LogP contribution in [0.15, 0.2) is 24.3 Å². The lowest BCUT2D eigenvalue weighted by Gasteiger charge is -2.30. The molecule has 0 aliphatic heterocycles. The Bertz CT molecular complexity index is 441. The standard InChI is InChI=1S/C16H25FN2O.ClH/c1-4-16(5-2,11-18)15(20)19-12(3)10-13-8-6-7-9-14(13)17;/h6-9,12H,4-5,10-11,18H2,1-3H3,(H,19,20);1H. The molecule has 3 nitrogen and oxygen atoms in total. The van der Waals surface area contributed by atoms with E-state index in [1.165, 1.54) is 6.07 Å². The lowest BCUT2D eigenvalue weighted by atomic mass is 9.81. The highest BCUT2D eigenvalue weighted by Crippen LogP contribution is 2.25. The number of halogens is 2. The Balaban J connectivity index is 0.00000400. The first-order chi connectivity index (χ1) is 9.49. The van der Waals surface area contributed by atoms with E-state index in [1.807, 2.05) is 20.8 Å². The second-order valence-corrected chi connectivity index (χ2v) is 5.36. The fraction of sp³-hybridized carbons (Fsp3) is 0.562. The van der Waals surface area contributed by atoms with Crippen LogP contribution in [-0.2, 0) is 11.2 Å². The second-order valence-electron chi connectivity index (χ2n) is 5.36. The third-order valence-electron chi connectivity index (χ3n) is 4.09. The SMILES string of the molecule is CCC(CC)(CN)C(=O)NC(C)Cc1ccccc1F.Cl. The van der Waals surface area contributed by atoms with Crippen molar-refractivity contribution in [3.05, 3.63) is 35.6 Å². The van der Waals surface area contributed by atoms with E-state index in [0.29, 0.717) is 31.4 Å². The molecule has 0 aliphatic carbocycles. The van der Waals surface area contributed by atoms with Crippen LogP contribution in [-0.4, -0.2) is 18.5 Å². The minimum Gasteiger partial charge on any atom is -0.353 e. The van der Waals surface area contributed by atoms with E-state index in [2.05, 4.69) is 5.32 Å². The number of amides is 1. The minimum absolute atomic E-state index is 0. The lowest BCUT2D eigenvalue weighted by molar-refractivity contribution is -0.131. The van der Waals surface area contributed by atoms with E-state index in [0.717, 1.165) is 0 Å². The normalized spacial score (nSPS) is 12.4. The maximum absolute atomic E-state index is 13.6. The third-order valence-corrected chi connectivity index (χ3v) is 4.09. The number of hydrogen-bond acceptors (Lipinski definition) is 2. The van der Waals surface area contributed by atoms with E-state index in [9.17, 15) is 9.18 Å².